The second kappa shape index (κ2) is 7.51. The summed E-state index contributed by atoms with van der Waals surface area (Å²) in [6.45, 7) is 3.81. The molecule has 0 atom stereocenters. The minimum atomic E-state index is -4.55. The van der Waals surface area contributed by atoms with Crippen LogP contribution in [0.15, 0.2) is 40.9 Å². The smallest absolute Gasteiger partial charge is 0.420 e. The fourth-order valence-electron chi connectivity index (χ4n) is 3.38. The summed E-state index contributed by atoms with van der Waals surface area (Å²) in [5, 5.41) is 0.377. The molecule has 3 aromatic rings. The Bertz CT molecular complexity index is 1040. The van der Waals surface area contributed by atoms with Gasteiger partial charge in [-0.1, -0.05) is 6.92 Å². The molecule has 1 amide bonds. The molecule has 29 heavy (non-hydrogen) atoms. The lowest BCUT2D eigenvalue weighted by Gasteiger charge is -2.26. The van der Waals surface area contributed by atoms with Crippen LogP contribution in [-0.2, 0) is 17.3 Å². The van der Waals surface area contributed by atoms with Gasteiger partial charge in [-0.3, -0.25) is 9.78 Å². The highest BCUT2D eigenvalue weighted by molar-refractivity contribution is 5.94. The van der Waals surface area contributed by atoms with Crippen molar-refractivity contribution in [3.63, 3.8) is 0 Å². The molecule has 4 rings (SSSR count). The minimum absolute atomic E-state index is 0.166. The van der Waals surface area contributed by atoms with Gasteiger partial charge in [0.25, 0.3) is 5.91 Å². The second-order valence-electron chi connectivity index (χ2n) is 6.84. The van der Waals surface area contributed by atoms with E-state index in [1.807, 2.05) is 6.92 Å². The Morgan fingerprint density at radius 1 is 1.17 bits per heavy atom. The molecular weight excluding hydrogens is 385 g/mol. The fraction of sp³-hybridized carbons (Fsp3) is 0.333. The van der Waals surface area contributed by atoms with E-state index in [1.54, 1.807) is 29.2 Å². The molecule has 0 unspecified atom stereocenters. The van der Waals surface area contributed by atoms with E-state index in [4.69, 9.17) is 9.15 Å². The Hall–Kier alpha value is -2.87. The molecule has 8 heteroatoms. The van der Waals surface area contributed by atoms with Crippen molar-refractivity contribution in [1.82, 2.24) is 9.88 Å². The number of halogens is 3. The summed E-state index contributed by atoms with van der Waals surface area (Å²) < 4.78 is 51.3. The van der Waals surface area contributed by atoms with Crippen LogP contribution in [0.5, 0.6) is 0 Å². The maximum Gasteiger partial charge on any atom is 0.420 e. The van der Waals surface area contributed by atoms with Crippen LogP contribution in [0.2, 0.25) is 0 Å². The Kier molecular flexibility index (Phi) is 5.04. The topological polar surface area (TPSA) is 55.6 Å². The van der Waals surface area contributed by atoms with Gasteiger partial charge >= 0.3 is 6.18 Å². The molecular formula is C21H19F3N2O3. The number of carbonyl (C=O) groups is 1. The summed E-state index contributed by atoms with van der Waals surface area (Å²) in [7, 11) is 0. The van der Waals surface area contributed by atoms with Crippen molar-refractivity contribution in [1.29, 1.82) is 0 Å². The first kappa shape index (κ1) is 19.4. The number of hydrogen-bond donors (Lipinski definition) is 0. The highest BCUT2D eigenvalue weighted by atomic mass is 19.4. The first-order valence-electron chi connectivity index (χ1n) is 9.34. The van der Waals surface area contributed by atoms with Gasteiger partial charge in [-0.2, -0.15) is 13.2 Å². The van der Waals surface area contributed by atoms with Gasteiger partial charge in [-0.05, 0) is 30.3 Å². The van der Waals surface area contributed by atoms with E-state index >= 15 is 0 Å². The Balaban J connectivity index is 1.70. The van der Waals surface area contributed by atoms with Crippen molar-refractivity contribution < 1.29 is 27.1 Å². The Morgan fingerprint density at radius 3 is 2.55 bits per heavy atom. The van der Waals surface area contributed by atoms with Crippen LogP contribution in [-0.4, -0.2) is 42.1 Å². The number of nitrogens with zero attached hydrogens (tertiary/aromatic N) is 2. The van der Waals surface area contributed by atoms with Crippen molar-refractivity contribution in [2.24, 2.45) is 0 Å². The standard InChI is InChI=1S/C21H19F3N2O3/c1-2-16-10-15-9-14(11-17(19(15)29-16)21(22,23)24)18-4-3-13(12-25-18)20(27)26-5-7-28-8-6-26/h3-4,9-12H,2,5-8H2,1H3. The van der Waals surface area contributed by atoms with Crippen molar-refractivity contribution in [3.05, 3.63) is 53.4 Å². The number of carbonyl (C=O) groups excluding carboxylic acids is 1. The number of ether oxygens (including phenoxy) is 1. The predicted molar refractivity (Wildman–Crippen MR) is 101 cm³/mol. The number of amides is 1. The molecule has 1 saturated heterocycles. The Morgan fingerprint density at radius 2 is 1.93 bits per heavy atom. The van der Waals surface area contributed by atoms with Crippen LogP contribution in [0.4, 0.5) is 13.2 Å². The van der Waals surface area contributed by atoms with Gasteiger partial charge in [-0.15, -0.1) is 0 Å². The van der Waals surface area contributed by atoms with Crippen molar-refractivity contribution in [2.45, 2.75) is 19.5 Å². The number of aromatic nitrogens is 1. The van der Waals surface area contributed by atoms with Crippen LogP contribution in [0.1, 0.15) is 28.6 Å². The van der Waals surface area contributed by atoms with Gasteiger partial charge in [0.1, 0.15) is 11.3 Å². The number of furan rings is 1. The maximum absolute atomic E-state index is 13.6. The molecule has 2 aromatic heterocycles. The lowest BCUT2D eigenvalue weighted by atomic mass is 10.0. The van der Waals surface area contributed by atoms with Crippen molar-refractivity contribution >= 4 is 16.9 Å². The van der Waals surface area contributed by atoms with Gasteiger partial charge in [0.05, 0.1) is 30.0 Å². The summed E-state index contributed by atoms with van der Waals surface area (Å²) >= 11 is 0. The van der Waals surface area contributed by atoms with E-state index in [0.717, 1.165) is 6.07 Å². The van der Waals surface area contributed by atoms with Crippen LogP contribution in [0, 0.1) is 0 Å². The fourth-order valence-corrected chi connectivity index (χ4v) is 3.38. The first-order valence-corrected chi connectivity index (χ1v) is 9.34. The number of fused-ring (bicyclic) bond motifs is 1. The van der Waals surface area contributed by atoms with Gasteiger partial charge in [0, 0.05) is 36.7 Å². The number of rotatable bonds is 3. The molecule has 5 nitrogen and oxygen atoms in total. The van der Waals surface area contributed by atoms with Crippen LogP contribution in [0.25, 0.3) is 22.2 Å². The number of alkyl halides is 3. The summed E-state index contributed by atoms with van der Waals surface area (Å²) in [5.74, 6) is 0.322. The zero-order valence-electron chi connectivity index (χ0n) is 15.8. The van der Waals surface area contributed by atoms with Gasteiger partial charge < -0.3 is 14.1 Å². The number of hydrogen-bond acceptors (Lipinski definition) is 4. The third-order valence-corrected chi connectivity index (χ3v) is 4.93. The third-order valence-electron chi connectivity index (χ3n) is 4.93. The molecule has 1 aliphatic heterocycles. The van der Waals surface area contributed by atoms with Gasteiger partial charge in [-0.25, -0.2) is 0 Å². The maximum atomic E-state index is 13.6. The molecule has 0 saturated carbocycles. The van der Waals surface area contributed by atoms with E-state index in [0.29, 0.717) is 60.7 Å². The van der Waals surface area contributed by atoms with Gasteiger partial charge in [0.2, 0.25) is 0 Å². The number of pyridine rings is 1. The van der Waals surface area contributed by atoms with Crippen molar-refractivity contribution in [3.8, 4) is 11.3 Å². The molecule has 1 fully saturated rings. The molecule has 0 spiro atoms. The second-order valence-corrected chi connectivity index (χ2v) is 6.84. The average molecular weight is 404 g/mol. The highest BCUT2D eigenvalue weighted by Gasteiger charge is 2.35. The van der Waals surface area contributed by atoms with Gasteiger partial charge in [0.15, 0.2) is 0 Å². The molecule has 1 aromatic carbocycles. The quantitative estimate of drug-likeness (QED) is 0.643. The van der Waals surface area contributed by atoms with E-state index in [-0.39, 0.29) is 11.5 Å². The molecule has 0 bridgehead atoms. The SMILES string of the molecule is CCc1cc2cc(-c3ccc(C(=O)N4CCOCC4)cn3)cc(C(F)(F)F)c2o1. The summed E-state index contributed by atoms with van der Waals surface area (Å²) in [6.07, 6.45) is -2.65. The molecule has 152 valence electrons. The lowest BCUT2D eigenvalue weighted by molar-refractivity contribution is -0.136. The van der Waals surface area contributed by atoms with Crippen LogP contribution in [0.3, 0.4) is 0 Å². The molecule has 0 aliphatic carbocycles. The van der Waals surface area contributed by atoms with E-state index in [2.05, 4.69) is 4.98 Å². The van der Waals surface area contributed by atoms with Crippen LogP contribution >= 0.6 is 0 Å². The van der Waals surface area contributed by atoms with E-state index in [9.17, 15) is 18.0 Å². The molecule has 0 radical (unpaired) electrons. The number of aryl methyl sites for hydroxylation is 1. The average Bonchev–Trinajstić information content (AvgIpc) is 3.15. The monoisotopic (exact) mass is 404 g/mol. The predicted octanol–water partition coefficient (Wildman–Crippen LogP) is 4.55. The first-order chi connectivity index (χ1) is 13.9. The molecule has 0 N–H and O–H groups in total. The molecule has 3 heterocycles. The van der Waals surface area contributed by atoms with Crippen LogP contribution < -0.4 is 0 Å². The zero-order chi connectivity index (χ0) is 20.6. The minimum Gasteiger partial charge on any atom is -0.460 e. The summed E-state index contributed by atoms with van der Waals surface area (Å²) in [4.78, 5) is 18.4. The zero-order valence-corrected chi connectivity index (χ0v) is 15.8. The number of benzene rings is 1. The number of morpholine rings is 1. The van der Waals surface area contributed by atoms with E-state index < -0.39 is 11.7 Å². The normalized spacial score (nSPS) is 15.1. The largest absolute Gasteiger partial charge is 0.460 e. The summed E-state index contributed by atoms with van der Waals surface area (Å²) in [5.41, 5.74) is 0.0652. The third kappa shape index (κ3) is 3.85. The Labute approximate surface area is 165 Å². The van der Waals surface area contributed by atoms with E-state index in [1.165, 1.54) is 6.20 Å². The highest BCUT2D eigenvalue weighted by Crippen LogP contribution is 2.39. The summed E-state index contributed by atoms with van der Waals surface area (Å²) in [6, 6.07) is 7.43. The lowest BCUT2D eigenvalue weighted by Crippen LogP contribution is -2.40. The molecule has 1 aliphatic rings. The van der Waals surface area contributed by atoms with Crippen molar-refractivity contribution in [2.75, 3.05) is 26.3 Å².